The van der Waals surface area contributed by atoms with Gasteiger partial charge in [-0.15, -0.1) is 0 Å². The predicted molar refractivity (Wildman–Crippen MR) is 93.4 cm³/mol. The van der Waals surface area contributed by atoms with Gasteiger partial charge in [0.05, 0.1) is 18.3 Å². The molecule has 2 nitrogen and oxygen atoms in total. The molecule has 0 amide bonds. The van der Waals surface area contributed by atoms with Gasteiger partial charge >= 0.3 is 0 Å². The lowest BCUT2D eigenvalue weighted by atomic mass is 9.43. The molecule has 5 saturated carbocycles. The van der Waals surface area contributed by atoms with Crippen LogP contribution in [0.1, 0.15) is 77.6 Å². The fraction of sp³-hybridized carbons (Fsp3) is 1.00. The standard InChI is InChI=1S/C22H34O2/c1-21-10-8-15(23)12-14(21)2-5-16-17(21)9-11-22-13(3-6-18(16)22)4-7-19-20(22)24-19/h13-20,23H,2-12H2,1H3/t13-,14-,15-,16-,17+,18+,19-,20?,21+,22?/m1/s1. The van der Waals surface area contributed by atoms with E-state index < -0.39 is 0 Å². The Labute approximate surface area is 146 Å². The lowest BCUT2D eigenvalue weighted by Gasteiger charge is -2.61. The molecule has 0 aromatic carbocycles. The third-order valence-corrected chi connectivity index (χ3v) is 10.3. The lowest BCUT2D eigenvalue weighted by Crippen LogP contribution is -2.56. The van der Waals surface area contributed by atoms with Gasteiger partial charge in [0.2, 0.25) is 0 Å². The molecule has 0 radical (unpaired) electrons. The summed E-state index contributed by atoms with van der Waals surface area (Å²) in [5.74, 6) is 4.68. The Bertz CT molecular complexity index is 546. The van der Waals surface area contributed by atoms with Crippen molar-refractivity contribution in [1.82, 2.24) is 0 Å². The van der Waals surface area contributed by atoms with Crippen LogP contribution in [-0.2, 0) is 4.74 Å². The van der Waals surface area contributed by atoms with Crippen molar-refractivity contribution in [3.8, 4) is 0 Å². The number of epoxide rings is 1. The molecule has 0 bridgehead atoms. The highest BCUT2D eigenvalue weighted by molar-refractivity contribution is 5.18. The molecule has 6 fully saturated rings. The minimum Gasteiger partial charge on any atom is -0.393 e. The van der Waals surface area contributed by atoms with E-state index in [1.807, 2.05) is 0 Å². The first-order valence-corrected chi connectivity index (χ1v) is 11.0. The molecule has 6 aliphatic rings. The molecule has 1 N–H and O–H groups in total. The van der Waals surface area contributed by atoms with Crippen LogP contribution >= 0.6 is 0 Å². The van der Waals surface area contributed by atoms with Crippen LogP contribution in [0, 0.1) is 40.4 Å². The van der Waals surface area contributed by atoms with Crippen LogP contribution in [0.5, 0.6) is 0 Å². The minimum atomic E-state index is -0.00983. The number of hydrogen-bond donors (Lipinski definition) is 1. The van der Waals surface area contributed by atoms with E-state index in [9.17, 15) is 5.11 Å². The normalized spacial score (nSPS) is 64.2. The van der Waals surface area contributed by atoms with Gasteiger partial charge in [-0.25, -0.2) is 0 Å². The summed E-state index contributed by atoms with van der Waals surface area (Å²) < 4.78 is 6.24. The van der Waals surface area contributed by atoms with Crippen LogP contribution in [0.2, 0.25) is 0 Å². The highest BCUT2D eigenvalue weighted by Crippen LogP contribution is 2.72. The zero-order valence-corrected chi connectivity index (χ0v) is 15.3. The third kappa shape index (κ3) is 1.71. The molecular weight excluding hydrogens is 296 g/mol. The van der Waals surface area contributed by atoms with Gasteiger partial charge in [0.15, 0.2) is 0 Å². The molecule has 1 saturated heterocycles. The van der Waals surface area contributed by atoms with Crippen molar-refractivity contribution in [1.29, 1.82) is 0 Å². The van der Waals surface area contributed by atoms with Gasteiger partial charge < -0.3 is 9.84 Å². The zero-order chi connectivity index (χ0) is 16.1. The number of fused-ring (bicyclic) bond motifs is 5. The Hall–Kier alpha value is -0.0800. The van der Waals surface area contributed by atoms with E-state index >= 15 is 0 Å². The summed E-state index contributed by atoms with van der Waals surface area (Å²) in [4.78, 5) is 0. The molecule has 6 rings (SSSR count). The summed E-state index contributed by atoms with van der Waals surface area (Å²) in [7, 11) is 0. The molecule has 2 heteroatoms. The number of hydrogen-bond acceptors (Lipinski definition) is 2. The third-order valence-electron chi connectivity index (χ3n) is 10.3. The molecule has 0 aromatic rings. The summed E-state index contributed by atoms with van der Waals surface area (Å²) >= 11 is 0. The Morgan fingerprint density at radius 2 is 1.67 bits per heavy atom. The molecular formula is C22H34O2. The van der Waals surface area contributed by atoms with Gasteiger partial charge in [-0.05, 0) is 106 Å². The average molecular weight is 331 g/mol. The monoisotopic (exact) mass is 330 g/mol. The average Bonchev–Trinajstić information content (AvgIpc) is 3.28. The number of rotatable bonds is 0. The maximum atomic E-state index is 10.2. The van der Waals surface area contributed by atoms with E-state index in [1.165, 1.54) is 57.8 Å². The number of ether oxygens (including phenoxy) is 1. The molecule has 1 heterocycles. The van der Waals surface area contributed by atoms with Crippen LogP contribution in [-0.4, -0.2) is 23.4 Å². The summed E-state index contributed by atoms with van der Waals surface area (Å²) in [6.45, 7) is 2.61. The Kier molecular flexibility index (Phi) is 3.00. The molecule has 2 unspecified atom stereocenters. The fourth-order valence-corrected chi connectivity index (χ4v) is 9.27. The van der Waals surface area contributed by atoms with E-state index in [4.69, 9.17) is 4.74 Å². The lowest BCUT2D eigenvalue weighted by molar-refractivity contribution is -0.136. The van der Waals surface area contributed by atoms with E-state index in [2.05, 4.69) is 6.92 Å². The van der Waals surface area contributed by atoms with Crippen molar-refractivity contribution in [3.63, 3.8) is 0 Å². The van der Waals surface area contributed by atoms with Gasteiger partial charge in [-0.3, -0.25) is 0 Å². The second-order valence-electron chi connectivity index (χ2n) is 10.7. The Morgan fingerprint density at radius 3 is 2.58 bits per heavy atom. The van der Waals surface area contributed by atoms with Crippen molar-refractivity contribution >= 4 is 0 Å². The largest absolute Gasteiger partial charge is 0.393 e. The highest BCUT2D eigenvalue weighted by atomic mass is 16.6. The van der Waals surface area contributed by atoms with Crippen LogP contribution in [0.25, 0.3) is 0 Å². The maximum Gasteiger partial charge on any atom is 0.0903 e. The fourth-order valence-electron chi connectivity index (χ4n) is 9.27. The van der Waals surface area contributed by atoms with E-state index in [0.29, 0.717) is 23.0 Å². The molecule has 24 heavy (non-hydrogen) atoms. The Morgan fingerprint density at radius 1 is 0.833 bits per heavy atom. The molecule has 1 spiro atoms. The Balaban J connectivity index is 1.34. The van der Waals surface area contributed by atoms with Gasteiger partial charge in [-0.2, -0.15) is 0 Å². The van der Waals surface area contributed by atoms with E-state index in [0.717, 1.165) is 42.4 Å². The molecule has 0 aromatic heterocycles. The summed E-state index contributed by atoms with van der Waals surface area (Å²) in [6, 6.07) is 0. The molecule has 1 aliphatic heterocycles. The zero-order valence-electron chi connectivity index (χ0n) is 15.3. The first kappa shape index (κ1) is 15.0. The SMILES string of the molecule is C[C@]12CC[C@@H](O)C[C@H]1CC[C@H]1[C@@H]3CC[C@@H]4CC[C@H]5OC5C43CC[C@@H]12. The van der Waals surface area contributed by atoms with E-state index in [1.54, 1.807) is 0 Å². The maximum absolute atomic E-state index is 10.2. The van der Waals surface area contributed by atoms with Crippen molar-refractivity contribution in [3.05, 3.63) is 0 Å². The summed E-state index contributed by atoms with van der Waals surface area (Å²) in [5, 5.41) is 10.2. The van der Waals surface area contributed by atoms with Gasteiger partial charge in [0, 0.05) is 5.41 Å². The second kappa shape index (κ2) is 4.80. The summed E-state index contributed by atoms with van der Waals surface area (Å²) in [5.41, 5.74) is 1.13. The topological polar surface area (TPSA) is 32.8 Å². The van der Waals surface area contributed by atoms with Crippen molar-refractivity contribution in [2.75, 3.05) is 0 Å². The molecule has 10 atom stereocenters. The van der Waals surface area contributed by atoms with Crippen molar-refractivity contribution in [2.24, 2.45) is 40.4 Å². The van der Waals surface area contributed by atoms with Crippen LogP contribution in [0.3, 0.4) is 0 Å². The smallest absolute Gasteiger partial charge is 0.0903 e. The predicted octanol–water partition coefficient (Wildman–Crippen LogP) is 4.55. The number of aliphatic hydroxyl groups excluding tert-OH is 1. The van der Waals surface area contributed by atoms with Gasteiger partial charge in [0.1, 0.15) is 0 Å². The van der Waals surface area contributed by atoms with Crippen LogP contribution < -0.4 is 0 Å². The quantitative estimate of drug-likeness (QED) is 0.661. The molecule has 134 valence electrons. The summed E-state index contributed by atoms with van der Waals surface area (Å²) in [6.07, 6.45) is 16.3. The van der Waals surface area contributed by atoms with Gasteiger partial charge in [0.25, 0.3) is 0 Å². The van der Waals surface area contributed by atoms with Crippen LogP contribution in [0.4, 0.5) is 0 Å². The van der Waals surface area contributed by atoms with Crippen molar-refractivity contribution < 1.29 is 9.84 Å². The first-order chi connectivity index (χ1) is 11.6. The van der Waals surface area contributed by atoms with E-state index in [-0.39, 0.29) is 6.10 Å². The van der Waals surface area contributed by atoms with Crippen molar-refractivity contribution in [2.45, 2.75) is 95.9 Å². The minimum absolute atomic E-state index is 0.00983. The first-order valence-electron chi connectivity index (χ1n) is 11.0. The highest BCUT2D eigenvalue weighted by Gasteiger charge is 2.70. The molecule has 5 aliphatic carbocycles. The van der Waals surface area contributed by atoms with Gasteiger partial charge in [-0.1, -0.05) is 6.92 Å². The number of aliphatic hydroxyl groups is 1. The van der Waals surface area contributed by atoms with Crippen LogP contribution in [0.15, 0.2) is 0 Å². The second-order valence-corrected chi connectivity index (χ2v) is 10.7.